The molecule has 0 spiro atoms. The third-order valence-corrected chi connectivity index (χ3v) is 0.408. The first-order chi connectivity index (χ1) is 3.83. The van der Waals surface area contributed by atoms with Gasteiger partial charge in [-0.25, -0.2) is 0 Å². The summed E-state index contributed by atoms with van der Waals surface area (Å²) in [5, 5.41) is 18.6. The zero-order valence-electron chi connectivity index (χ0n) is 6.90. The molecule has 0 aliphatic heterocycles. The van der Waals surface area contributed by atoms with Crippen molar-refractivity contribution in [2.45, 2.75) is 26.7 Å². The van der Waals surface area contributed by atoms with Crippen LogP contribution >= 0.6 is 0 Å². The summed E-state index contributed by atoms with van der Waals surface area (Å²) in [6.07, 6.45) is 1.53. The first-order valence-corrected chi connectivity index (χ1v) is 2.99. The summed E-state index contributed by atoms with van der Waals surface area (Å²) in [6.45, 7) is 3.88. The fourth-order valence-corrected chi connectivity index (χ4v) is 0. The Labute approximate surface area is 96.5 Å². The molecule has 0 aliphatic carbocycles. The molecule has 0 N–H and O–H groups in total. The van der Waals surface area contributed by atoms with E-state index in [4.69, 9.17) is 0 Å². The van der Waals surface area contributed by atoms with E-state index >= 15 is 0 Å². The summed E-state index contributed by atoms with van der Waals surface area (Å²) in [6, 6.07) is 0. The van der Waals surface area contributed by atoms with Crippen LogP contribution in [0.3, 0.4) is 0 Å². The van der Waals surface area contributed by atoms with E-state index in [9.17, 15) is 10.2 Å². The van der Waals surface area contributed by atoms with Crippen molar-refractivity contribution in [3.8, 4) is 0 Å². The van der Waals surface area contributed by atoms with Crippen LogP contribution in [0.2, 0.25) is 0 Å². The summed E-state index contributed by atoms with van der Waals surface area (Å²) in [5.41, 5.74) is 0. The SMILES string of the molecule is CCC[O-].CCC[O-].[Cl-].[Cl-].[Ti+4]. The predicted octanol–water partition coefficient (Wildman–Crippen LogP) is -6.48. The van der Waals surface area contributed by atoms with Gasteiger partial charge in [-0.15, -0.1) is 13.2 Å². The molecular weight excluding hydrogens is 223 g/mol. The second-order valence-corrected chi connectivity index (χ2v) is 1.41. The topological polar surface area (TPSA) is 46.1 Å². The zero-order chi connectivity index (χ0) is 6.83. The molecule has 0 aromatic rings. The summed E-state index contributed by atoms with van der Waals surface area (Å²) in [5.74, 6) is 0. The zero-order valence-corrected chi connectivity index (χ0v) is 9.97. The van der Waals surface area contributed by atoms with Crippen LogP contribution in [0.4, 0.5) is 0 Å². The van der Waals surface area contributed by atoms with Crippen molar-refractivity contribution in [3.63, 3.8) is 0 Å². The monoisotopic (exact) mass is 236 g/mol. The van der Waals surface area contributed by atoms with Gasteiger partial charge in [-0.1, -0.05) is 26.7 Å². The van der Waals surface area contributed by atoms with E-state index in [1.54, 1.807) is 0 Å². The van der Waals surface area contributed by atoms with Crippen molar-refractivity contribution in [2.24, 2.45) is 0 Å². The van der Waals surface area contributed by atoms with E-state index in [1.807, 2.05) is 13.8 Å². The van der Waals surface area contributed by atoms with Crippen LogP contribution in [0.15, 0.2) is 0 Å². The first-order valence-electron chi connectivity index (χ1n) is 2.99. The molecule has 0 bridgehead atoms. The van der Waals surface area contributed by atoms with Gasteiger partial charge in [0.1, 0.15) is 0 Å². The van der Waals surface area contributed by atoms with Crippen LogP contribution in [0.1, 0.15) is 26.7 Å². The third-order valence-electron chi connectivity index (χ3n) is 0.408. The minimum Gasteiger partial charge on any atom is -1.00 e. The molecule has 11 heavy (non-hydrogen) atoms. The Balaban J connectivity index is -0.0000000171. The quantitative estimate of drug-likeness (QED) is 0.448. The van der Waals surface area contributed by atoms with Gasteiger partial charge in [-0.05, 0) is 0 Å². The van der Waals surface area contributed by atoms with Crippen LogP contribution in [-0.2, 0) is 21.7 Å². The van der Waals surface area contributed by atoms with Gasteiger partial charge in [-0.3, -0.25) is 0 Å². The Morgan fingerprint density at radius 1 is 0.818 bits per heavy atom. The van der Waals surface area contributed by atoms with Gasteiger partial charge in [-0.2, -0.15) is 0 Å². The molecule has 0 aliphatic rings. The molecule has 0 rings (SSSR count). The standard InChI is InChI=1S/2C3H7O.2ClH.Ti/c2*1-2-3-4;;;/h2*2-3H2,1H3;2*1H;/q2*-1;;;+4/p-2. The molecule has 2 nitrogen and oxygen atoms in total. The summed E-state index contributed by atoms with van der Waals surface area (Å²) in [7, 11) is 0. The second kappa shape index (κ2) is 43.0. The summed E-state index contributed by atoms with van der Waals surface area (Å²) >= 11 is 0. The van der Waals surface area contributed by atoms with Crippen LogP contribution in [0.5, 0.6) is 0 Å². The molecule has 0 radical (unpaired) electrons. The average molecular weight is 237 g/mol. The van der Waals surface area contributed by atoms with E-state index in [0.29, 0.717) is 0 Å². The molecule has 0 aromatic carbocycles. The first kappa shape index (κ1) is 29.5. The van der Waals surface area contributed by atoms with E-state index in [0.717, 1.165) is 12.8 Å². The van der Waals surface area contributed by atoms with Gasteiger partial charge in [0.15, 0.2) is 0 Å². The number of rotatable bonds is 2. The molecule has 0 atom stereocenters. The summed E-state index contributed by atoms with van der Waals surface area (Å²) < 4.78 is 0. The third kappa shape index (κ3) is 92.2. The van der Waals surface area contributed by atoms with Gasteiger partial charge in [0.2, 0.25) is 0 Å². The van der Waals surface area contributed by atoms with Crippen molar-refractivity contribution < 1.29 is 56.7 Å². The largest absolute Gasteiger partial charge is 4.00 e. The fraction of sp³-hybridized carbons (Fsp3) is 1.00. The van der Waals surface area contributed by atoms with Crippen molar-refractivity contribution in [1.82, 2.24) is 0 Å². The molecule has 0 saturated carbocycles. The molecule has 5 heteroatoms. The molecule has 68 valence electrons. The van der Waals surface area contributed by atoms with E-state index < -0.39 is 0 Å². The Morgan fingerprint density at radius 3 is 0.909 bits per heavy atom. The van der Waals surface area contributed by atoms with Crippen LogP contribution in [0.25, 0.3) is 0 Å². The Morgan fingerprint density at radius 2 is 0.909 bits per heavy atom. The van der Waals surface area contributed by atoms with Crippen molar-refractivity contribution in [1.29, 1.82) is 0 Å². The molecule has 0 fully saturated rings. The predicted molar refractivity (Wildman–Crippen MR) is 30.3 cm³/mol. The van der Waals surface area contributed by atoms with E-state index in [-0.39, 0.29) is 59.7 Å². The minimum atomic E-state index is 0. The van der Waals surface area contributed by atoms with Crippen LogP contribution < -0.4 is 35.0 Å². The maximum Gasteiger partial charge on any atom is 4.00 e. The molecular formula is C6H14Cl2O2Ti. The van der Waals surface area contributed by atoms with E-state index in [1.165, 1.54) is 0 Å². The Kier molecular flexibility index (Phi) is 115. The van der Waals surface area contributed by atoms with Gasteiger partial charge < -0.3 is 35.0 Å². The second-order valence-electron chi connectivity index (χ2n) is 1.41. The van der Waals surface area contributed by atoms with Crippen molar-refractivity contribution in [3.05, 3.63) is 0 Å². The van der Waals surface area contributed by atoms with Crippen LogP contribution in [-0.4, -0.2) is 13.2 Å². The van der Waals surface area contributed by atoms with Crippen LogP contribution in [0, 0.1) is 0 Å². The number of halogens is 2. The molecule has 0 saturated heterocycles. The molecule has 0 aromatic heterocycles. The summed E-state index contributed by atoms with van der Waals surface area (Å²) in [4.78, 5) is 0. The molecule has 0 heterocycles. The van der Waals surface area contributed by atoms with Gasteiger partial charge in [0.05, 0.1) is 0 Å². The Hall–Kier alpha value is 1.21. The maximum atomic E-state index is 9.30. The van der Waals surface area contributed by atoms with Gasteiger partial charge in [0.25, 0.3) is 0 Å². The van der Waals surface area contributed by atoms with Gasteiger partial charge in [0, 0.05) is 0 Å². The average Bonchev–Trinajstić information content (AvgIpc) is 1.88. The Bertz CT molecular complexity index is 26.5. The van der Waals surface area contributed by atoms with Crippen molar-refractivity contribution in [2.75, 3.05) is 13.2 Å². The number of hydrogen-bond donors (Lipinski definition) is 0. The van der Waals surface area contributed by atoms with Gasteiger partial charge >= 0.3 is 21.7 Å². The fourth-order valence-electron chi connectivity index (χ4n) is 0. The maximum absolute atomic E-state index is 9.30. The molecule has 0 unspecified atom stereocenters. The molecule has 0 amide bonds. The smallest absolute Gasteiger partial charge is 1.00 e. The van der Waals surface area contributed by atoms with Crippen molar-refractivity contribution >= 4 is 0 Å². The van der Waals surface area contributed by atoms with E-state index in [2.05, 4.69) is 0 Å². The normalized spacial score (nSPS) is 5.45. The number of hydrogen-bond acceptors (Lipinski definition) is 2. The minimum absolute atomic E-state index is 0.